The molecule has 3 nitrogen and oxygen atoms in total. The summed E-state index contributed by atoms with van der Waals surface area (Å²) < 4.78 is 2.01. The summed E-state index contributed by atoms with van der Waals surface area (Å²) in [7, 11) is 0. The fraction of sp³-hybridized carbons (Fsp3) is 0. The topological polar surface area (TPSA) is 41.1 Å². The monoisotopic (exact) mass is 345 g/mol. The molecule has 2 aromatic heterocycles. The van der Waals surface area contributed by atoms with E-state index in [9.17, 15) is 5.26 Å². The molecule has 0 fully saturated rings. The summed E-state index contributed by atoms with van der Waals surface area (Å²) in [6, 6.07) is 30.8. The summed E-state index contributed by atoms with van der Waals surface area (Å²) in [6.07, 6.45) is 1.83. The third-order valence-corrected chi connectivity index (χ3v) is 4.89. The molecule has 0 radical (unpaired) electrons. The van der Waals surface area contributed by atoms with E-state index in [1.165, 1.54) is 0 Å². The lowest BCUT2D eigenvalue weighted by Crippen LogP contribution is -1.99. The van der Waals surface area contributed by atoms with Gasteiger partial charge >= 0.3 is 0 Å². The number of hydrogen-bond acceptors (Lipinski definition) is 2. The number of nitriles is 1. The van der Waals surface area contributed by atoms with E-state index in [-0.39, 0.29) is 0 Å². The van der Waals surface area contributed by atoms with Gasteiger partial charge in [-0.15, -0.1) is 0 Å². The summed E-state index contributed by atoms with van der Waals surface area (Å²) in [4.78, 5) is 0. The maximum absolute atomic E-state index is 9.45. The highest BCUT2D eigenvalue weighted by molar-refractivity contribution is 6.09. The lowest BCUT2D eigenvalue weighted by molar-refractivity contribution is 0.976. The molecule has 0 N–H and O–H groups in total. The van der Waals surface area contributed by atoms with Gasteiger partial charge in [0.15, 0.2) is 0 Å². The van der Waals surface area contributed by atoms with Gasteiger partial charge < -0.3 is 0 Å². The second-order valence-corrected chi connectivity index (χ2v) is 6.46. The number of rotatable bonds is 2. The van der Waals surface area contributed by atoms with E-state index in [4.69, 9.17) is 0 Å². The number of hydrogen-bond donors (Lipinski definition) is 0. The molecule has 0 amide bonds. The molecule has 0 saturated carbocycles. The number of pyridine rings is 1. The zero-order valence-corrected chi connectivity index (χ0v) is 14.5. The second-order valence-electron chi connectivity index (χ2n) is 6.46. The molecule has 0 aliphatic carbocycles. The van der Waals surface area contributed by atoms with Crippen molar-refractivity contribution in [3.05, 3.63) is 96.7 Å². The largest absolute Gasteiger partial charge is 0.232 e. The van der Waals surface area contributed by atoms with E-state index in [1.807, 2.05) is 71.4 Å². The molecule has 27 heavy (non-hydrogen) atoms. The summed E-state index contributed by atoms with van der Waals surface area (Å²) in [5.74, 6) is 0. The Morgan fingerprint density at radius 3 is 2.15 bits per heavy atom. The van der Waals surface area contributed by atoms with Crippen LogP contribution in [0.2, 0.25) is 0 Å². The highest BCUT2D eigenvalue weighted by Gasteiger charge is 2.18. The number of fused-ring (bicyclic) bond motifs is 3. The summed E-state index contributed by atoms with van der Waals surface area (Å²) in [5, 5.41) is 16.2. The van der Waals surface area contributed by atoms with Gasteiger partial charge in [-0.05, 0) is 29.1 Å². The molecular weight excluding hydrogens is 330 g/mol. The Kier molecular flexibility index (Phi) is 3.48. The minimum Gasteiger partial charge on any atom is -0.232 e. The van der Waals surface area contributed by atoms with Crippen molar-refractivity contribution in [1.82, 2.24) is 9.61 Å². The Bertz CT molecular complexity index is 1310. The van der Waals surface area contributed by atoms with Crippen LogP contribution in [0.5, 0.6) is 0 Å². The molecule has 0 spiro atoms. The average molecular weight is 345 g/mol. The van der Waals surface area contributed by atoms with Gasteiger partial charge in [-0.2, -0.15) is 10.4 Å². The third kappa shape index (κ3) is 2.39. The molecule has 0 bridgehead atoms. The first kappa shape index (κ1) is 15.4. The number of benzene rings is 3. The van der Waals surface area contributed by atoms with Gasteiger partial charge in [-0.3, -0.25) is 0 Å². The van der Waals surface area contributed by atoms with Gasteiger partial charge in [-0.25, -0.2) is 4.52 Å². The van der Waals surface area contributed by atoms with Gasteiger partial charge in [0.1, 0.15) is 0 Å². The lowest BCUT2D eigenvalue weighted by atomic mass is 9.92. The molecule has 0 aliphatic heterocycles. The van der Waals surface area contributed by atoms with Crippen LogP contribution in [0.25, 0.3) is 38.7 Å². The summed E-state index contributed by atoms with van der Waals surface area (Å²) >= 11 is 0. The van der Waals surface area contributed by atoms with E-state index < -0.39 is 0 Å². The summed E-state index contributed by atoms with van der Waals surface area (Å²) in [6.45, 7) is 0. The van der Waals surface area contributed by atoms with Crippen LogP contribution in [0.3, 0.4) is 0 Å². The van der Waals surface area contributed by atoms with Crippen molar-refractivity contribution in [3.63, 3.8) is 0 Å². The van der Waals surface area contributed by atoms with Crippen molar-refractivity contribution < 1.29 is 0 Å². The van der Waals surface area contributed by atoms with Crippen LogP contribution in [0.1, 0.15) is 5.56 Å². The van der Waals surface area contributed by atoms with Crippen LogP contribution in [-0.2, 0) is 0 Å². The van der Waals surface area contributed by atoms with E-state index in [1.54, 1.807) is 0 Å². The van der Waals surface area contributed by atoms with Gasteiger partial charge in [0, 0.05) is 16.5 Å². The van der Waals surface area contributed by atoms with Gasteiger partial charge in [0.2, 0.25) is 0 Å². The van der Waals surface area contributed by atoms with E-state index in [2.05, 4.69) is 35.4 Å². The number of aromatic nitrogens is 2. The molecule has 126 valence electrons. The molecule has 2 heterocycles. The van der Waals surface area contributed by atoms with Crippen LogP contribution >= 0.6 is 0 Å². The van der Waals surface area contributed by atoms with Gasteiger partial charge in [-0.1, -0.05) is 66.7 Å². The van der Waals surface area contributed by atoms with E-state index in [0.717, 1.165) is 38.7 Å². The molecule has 0 saturated heterocycles. The highest BCUT2D eigenvalue weighted by atomic mass is 15.2. The minimum atomic E-state index is 0.655. The Balaban J connectivity index is 2.05. The van der Waals surface area contributed by atoms with Crippen molar-refractivity contribution >= 4 is 16.3 Å². The Hall–Kier alpha value is -3.90. The predicted octanol–water partition coefficient (Wildman–Crippen LogP) is 5.69. The highest BCUT2D eigenvalue weighted by Crippen LogP contribution is 2.40. The molecule has 5 rings (SSSR count). The molecule has 0 atom stereocenters. The van der Waals surface area contributed by atoms with Crippen LogP contribution < -0.4 is 0 Å². The van der Waals surface area contributed by atoms with Crippen LogP contribution in [0, 0.1) is 11.3 Å². The Morgan fingerprint density at radius 2 is 1.44 bits per heavy atom. The normalized spacial score (nSPS) is 10.9. The fourth-order valence-corrected chi connectivity index (χ4v) is 3.72. The quantitative estimate of drug-likeness (QED) is 0.412. The molecule has 0 unspecified atom stereocenters. The molecule has 0 aliphatic rings. The van der Waals surface area contributed by atoms with Crippen molar-refractivity contribution in [2.75, 3.05) is 0 Å². The molecular formula is C24H15N3. The fourth-order valence-electron chi connectivity index (χ4n) is 3.72. The van der Waals surface area contributed by atoms with E-state index in [0.29, 0.717) is 5.56 Å². The Labute approximate surface area is 156 Å². The van der Waals surface area contributed by atoms with Crippen molar-refractivity contribution in [2.24, 2.45) is 0 Å². The average Bonchev–Trinajstić information content (AvgIpc) is 3.23. The Morgan fingerprint density at radius 1 is 0.741 bits per heavy atom. The van der Waals surface area contributed by atoms with Crippen LogP contribution in [0.4, 0.5) is 0 Å². The van der Waals surface area contributed by atoms with Crippen molar-refractivity contribution in [1.29, 1.82) is 5.26 Å². The first-order valence-electron chi connectivity index (χ1n) is 8.81. The lowest BCUT2D eigenvalue weighted by Gasteiger charge is -2.17. The third-order valence-electron chi connectivity index (χ3n) is 4.89. The zero-order chi connectivity index (χ0) is 18.2. The van der Waals surface area contributed by atoms with Crippen molar-refractivity contribution in [2.45, 2.75) is 0 Å². The van der Waals surface area contributed by atoms with Gasteiger partial charge in [0.05, 0.1) is 29.0 Å². The smallest absolute Gasteiger partial charge is 0.0991 e. The summed E-state index contributed by atoms with van der Waals surface area (Å²) in [5.41, 5.74) is 6.01. The maximum Gasteiger partial charge on any atom is 0.0991 e. The molecule has 5 aromatic rings. The van der Waals surface area contributed by atoms with Crippen LogP contribution in [0.15, 0.2) is 91.1 Å². The van der Waals surface area contributed by atoms with Gasteiger partial charge in [0.25, 0.3) is 0 Å². The molecule has 3 aromatic carbocycles. The zero-order valence-electron chi connectivity index (χ0n) is 14.5. The predicted molar refractivity (Wildman–Crippen MR) is 108 cm³/mol. The minimum absolute atomic E-state index is 0.655. The van der Waals surface area contributed by atoms with Crippen molar-refractivity contribution in [3.8, 4) is 28.5 Å². The standard InChI is InChI=1S/C24H15N3/c25-16-17-11-12-20-21(15-17)23(18-7-3-1-4-8-18)24(19-9-5-2-6-10-19)27-22(20)13-14-26-27/h1-15H. The first-order valence-corrected chi connectivity index (χ1v) is 8.81. The number of nitrogens with zero attached hydrogens (tertiary/aromatic N) is 3. The van der Waals surface area contributed by atoms with Crippen LogP contribution in [-0.4, -0.2) is 9.61 Å². The van der Waals surface area contributed by atoms with E-state index >= 15 is 0 Å². The molecule has 3 heteroatoms. The maximum atomic E-state index is 9.45. The SMILES string of the molecule is N#Cc1ccc2c(c1)c(-c1ccccc1)c(-c1ccccc1)n1nccc21. The second kappa shape index (κ2) is 6.12. The first-order chi connectivity index (χ1) is 13.4.